The lowest BCUT2D eigenvalue weighted by Crippen LogP contribution is -2.45. The van der Waals surface area contributed by atoms with E-state index in [1.54, 1.807) is 0 Å². The average molecular weight is 249 g/mol. The van der Waals surface area contributed by atoms with Crippen molar-refractivity contribution in [1.82, 2.24) is 15.1 Å². The summed E-state index contributed by atoms with van der Waals surface area (Å²) in [5, 5.41) is 4.01. The fourth-order valence-corrected chi connectivity index (χ4v) is 4.67. The van der Waals surface area contributed by atoms with Crippen LogP contribution >= 0.6 is 0 Å². The topological polar surface area (TPSA) is 18.5 Å². The van der Waals surface area contributed by atoms with E-state index in [2.05, 4.69) is 22.0 Å². The zero-order valence-electron chi connectivity index (χ0n) is 11.6. The zero-order chi connectivity index (χ0) is 12.1. The van der Waals surface area contributed by atoms with Crippen molar-refractivity contribution in [2.24, 2.45) is 0 Å². The summed E-state index contributed by atoms with van der Waals surface area (Å²) in [5.74, 6) is 0. The maximum atomic E-state index is 4.01. The molecule has 4 aliphatic rings. The Kier molecular flexibility index (Phi) is 2.90. The summed E-state index contributed by atoms with van der Waals surface area (Å²) in [5.41, 5.74) is 0. The standard InChI is InChI=1S/C15H27N3/c1-11-9-12(10-18(11)13-4-5-13)16-14-6-8-17-7-2-3-15(14)17/h11-16H,2-10H2,1H3. The second-order valence-corrected chi connectivity index (χ2v) is 7.02. The molecule has 0 aromatic rings. The van der Waals surface area contributed by atoms with Crippen LogP contribution in [0.5, 0.6) is 0 Å². The number of nitrogens with zero attached hydrogens (tertiary/aromatic N) is 2. The van der Waals surface area contributed by atoms with Crippen molar-refractivity contribution < 1.29 is 0 Å². The van der Waals surface area contributed by atoms with E-state index in [-0.39, 0.29) is 0 Å². The predicted octanol–water partition coefficient (Wildman–Crippen LogP) is 1.44. The molecule has 18 heavy (non-hydrogen) atoms. The van der Waals surface area contributed by atoms with Gasteiger partial charge in [-0.1, -0.05) is 0 Å². The summed E-state index contributed by atoms with van der Waals surface area (Å²) in [6.45, 7) is 6.45. The summed E-state index contributed by atoms with van der Waals surface area (Å²) in [6.07, 6.45) is 8.54. The molecule has 4 rings (SSSR count). The molecule has 0 amide bonds. The summed E-state index contributed by atoms with van der Waals surface area (Å²) >= 11 is 0. The number of nitrogens with one attached hydrogen (secondary N) is 1. The lowest BCUT2D eigenvalue weighted by molar-refractivity contribution is 0.250. The van der Waals surface area contributed by atoms with Crippen molar-refractivity contribution in [3.8, 4) is 0 Å². The highest BCUT2D eigenvalue weighted by molar-refractivity contribution is 5.01. The van der Waals surface area contributed by atoms with E-state index < -0.39 is 0 Å². The maximum absolute atomic E-state index is 4.01. The first kappa shape index (κ1) is 11.7. The summed E-state index contributed by atoms with van der Waals surface area (Å²) in [6, 6.07) is 4.19. The fraction of sp³-hybridized carbons (Fsp3) is 1.00. The van der Waals surface area contributed by atoms with Gasteiger partial charge in [0.15, 0.2) is 0 Å². The molecular weight excluding hydrogens is 222 g/mol. The van der Waals surface area contributed by atoms with Crippen LogP contribution in [-0.4, -0.2) is 59.6 Å². The van der Waals surface area contributed by atoms with Crippen LogP contribution in [0.4, 0.5) is 0 Å². The van der Waals surface area contributed by atoms with Crippen LogP contribution < -0.4 is 5.32 Å². The smallest absolute Gasteiger partial charge is 0.0250 e. The lowest BCUT2D eigenvalue weighted by atomic mass is 10.0. The minimum atomic E-state index is 0.770. The van der Waals surface area contributed by atoms with Gasteiger partial charge in [-0.2, -0.15) is 0 Å². The molecule has 102 valence electrons. The molecule has 4 unspecified atom stereocenters. The minimum Gasteiger partial charge on any atom is -0.308 e. The van der Waals surface area contributed by atoms with Gasteiger partial charge in [0.1, 0.15) is 0 Å². The Labute approximate surface area is 111 Å². The van der Waals surface area contributed by atoms with Crippen LogP contribution in [0.1, 0.15) is 45.4 Å². The first-order valence-corrected chi connectivity index (χ1v) is 8.07. The molecular formula is C15H27N3. The van der Waals surface area contributed by atoms with Crippen molar-refractivity contribution in [1.29, 1.82) is 0 Å². The summed E-state index contributed by atoms with van der Waals surface area (Å²) in [7, 11) is 0. The molecule has 1 saturated carbocycles. The highest BCUT2D eigenvalue weighted by Gasteiger charge is 2.42. The van der Waals surface area contributed by atoms with Crippen LogP contribution in [0.15, 0.2) is 0 Å². The molecule has 0 aromatic carbocycles. The predicted molar refractivity (Wildman–Crippen MR) is 73.7 cm³/mol. The molecule has 3 nitrogen and oxygen atoms in total. The Morgan fingerprint density at radius 1 is 1.06 bits per heavy atom. The molecule has 4 fully saturated rings. The number of hydrogen-bond acceptors (Lipinski definition) is 3. The molecule has 3 heterocycles. The van der Waals surface area contributed by atoms with Crippen LogP contribution in [0, 0.1) is 0 Å². The molecule has 3 heteroatoms. The van der Waals surface area contributed by atoms with Crippen molar-refractivity contribution in [2.45, 2.75) is 75.7 Å². The van der Waals surface area contributed by atoms with Crippen LogP contribution in [0.25, 0.3) is 0 Å². The molecule has 0 radical (unpaired) electrons. The van der Waals surface area contributed by atoms with Crippen molar-refractivity contribution in [2.75, 3.05) is 19.6 Å². The quantitative estimate of drug-likeness (QED) is 0.816. The number of hydrogen-bond donors (Lipinski definition) is 1. The van der Waals surface area contributed by atoms with E-state index in [0.29, 0.717) is 0 Å². The van der Waals surface area contributed by atoms with Gasteiger partial charge in [-0.05, 0) is 52.0 Å². The Balaban J connectivity index is 1.35. The van der Waals surface area contributed by atoms with Crippen molar-refractivity contribution >= 4 is 0 Å². The minimum absolute atomic E-state index is 0.770. The van der Waals surface area contributed by atoms with Crippen LogP contribution in [0.3, 0.4) is 0 Å². The number of fused-ring (bicyclic) bond motifs is 1. The van der Waals surface area contributed by atoms with E-state index in [1.807, 2.05) is 0 Å². The van der Waals surface area contributed by atoms with Gasteiger partial charge in [-0.3, -0.25) is 9.80 Å². The van der Waals surface area contributed by atoms with E-state index in [4.69, 9.17) is 0 Å². The highest BCUT2D eigenvalue weighted by atomic mass is 15.3. The molecule has 1 aliphatic carbocycles. The number of rotatable bonds is 3. The number of likely N-dealkylation sites (tertiary alicyclic amines) is 1. The van der Waals surface area contributed by atoms with Gasteiger partial charge in [0.05, 0.1) is 0 Å². The largest absolute Gasteiger partial charge is 0.308 e. The molecule has 0 bridgehead atoms. The summed E-state index contributed by atoms with van der Waals surface area (Å²) < 4.78 is 0. The van der Waals surface area contributed by atoms with Gasteiger partial charge in [-0.25, -0.2) is 0 Å². The van der Waals surface area contributed by atoms with Gasteiger partial charge in [0.25, 0.3) is 0 Å². The monoisotopic (exact) mass is 249 g/mol. The van der Waals surface area contributed by atoms with E-state index in [1.165, 1.54) is 58.2 Å². The Bertz CT molecular complexity index is 315. The second kappa shape index (κ2) is 4.46. The molecule has 0 spiro atoms. The van der Waals surface area contributed by atoms with E-state index >= 15 is 0 Å². The molecule has 1 N–H and O–H groups in total. The third kappa shape index (κ3) is 2.00. The summed E-state index contributed by atoms with van der Waals surface area (Å²) in [4.78, 5) is 5.48. The maximum Gasteiger partial charge on any atom is 0.0250 e. The first-order valence-electron chi connectivity index (χ1n) is 8.07. The lowest BCUT2D eigenvalue weighted by Gasteiger charge is -2.25. The Morgan fingerprint density at radius 3 is 2.78 bits per heavy atom. The first-order chi connectivity index (χ1) is 8.81. The molecule has 3 saturated heterocycles. The fourth-order valence-electron chi connectivity index (χ4n) is 4.67. The third-order valence-corrected chi connectivity index (χ3v) is 5.69. The molecule has 4 atom stereocenters. The third-order valence-electron chi connectivity index (χ3n) is 5.69. The van der Waals surface area contributed by atoms with Crippen molar-refractivity contribution in [3.63, 3.8) is 0 Å². The van der Waals surface area contributed by atoms with Gasteiger partial charge in [0, 0.05) is 43.3 Å². The average Bonchev–Trinajstić information content (AvgIpc) is 2.81. The van der Waals surface area contributed by atoms with Gasteiger partial charge in [-0.15, -0.1) is 0 Å². The SMILES string of the molecule is CC1CC(NC2CCN3CCCC23)CN1C1CC1. The van der Waals surface area contributed by atoms with Crippen LogP contribution in [0.2, 0.25) is 0 Å². The highest BCUT2D eigenvalue weighted by Crippen LogP contribution is 2.34. The molecule has 0 aromatic heterocycles. The van der Waals surface area contributed by atoms with Gasteiger partial charge in [0.2, 0.25) is 0 Å². The van der Waals surface area contributed by atoms with Gasteiger partial charge < -0.3 is 5.32 Å². The molecule has 3 aliphatic heterocycles. The van der Waals surface area contributed by atoms with E-state index in [0.717, 1.165) is 30.2 Å². The zero-order valence-corrected chi connectivity index (χ0v) is 11.6. The Hall–Kier alpha value is -0.120. The normalized spacial score (nSPS) is 45.8. The second-order valence-electron chi connectivity index (χ2n) is 7.02. The van der Waals surface area contributed by atoms with Crippen LogP contribution in [-0.2, 0) is 0 Å². The van der Waals surface area contributed by atoms with E-state index in [9.17, 15) is 0 Å². The van der Waals surface area contributed by atoms with Gasteiger partial charge >= 0.3 is 0 Å². The van der Waals surface area contributed by atoms with Crippen molar-refractivity contribution in [3.05, 3.63) is 0 Å². The Morgan fingerprint density at radius 2 is 1.94 bits per heavy atom.